The zero-order valence-electron chi connectivity index (χ0n) is 66.7. The number of hydrogen-bond donors (Lipinski definition) is 18. The van der Waals surface area contributed by atoms with Crippen molar-refractivity contribution in [2.75, 3.05) is 52.5 Å². The second kappa shape index (κ2) is 55.3. The van der Waals surface area contributed by atoms with Crippen LogP contribution in [0.3, 0.4) is 0 Å². The van der Waals surface area contributed by atoms with Gasteiger partial charge in [-0.25, -0.2) is 24.0 Å². The Morgan fingerprint density at radius 1 is 0.500 bits per heavy atom. The van der Waals surface area contributed by atoms with Gasteiger partial charge in [0.2, 0.25) is 73.5 Å². The lowest BCUT2D eigenvalue weighted by molar-refractivity contribution is -0.156. The van der Waals surface area contributed by atoms with Crippen LogP contribution >= 0.6 is 11.6 Å². The molecule has 656 valence electrons. The monoisotopic (exact) mass is 1680 g/mol. The third-order valence-electron chi connectivity index (χ3n) is 17.2. The van der Waals surface area contributed by atoms with Crippen LogP contribution in [0, 0.1) is 17.8 Å². The summed E-state index contributed by atoms with van der Waals surface area (Å²) in [5.41, 5.74) is -0.789. The highest BCUT2D eigenvalue weighted by Gasteiger charge is 2.41. The van der Waals surface area contributed by atoms with Gasteiger partial charge in [0.1, 0.15) is 54.6 Å². The third kappa shape index (κ3) is 41.3. The Morgan fingerprint density at radius 2 is 0.948 bits per heavy atom. The van der Waals surface area contributed by atoms with Gasteiger partial charge in [0, 0.05) is 25.7 Å². The summed E-state index contributed by atoms with van der Waals surface area (Å²) in [7, 11) is 0. The maximum absolute atomic E-state index is 15.0. The molecule has 2 aliphatic rings. The Morgan fingerprint density at radius 3 is 1.42 bits per heavy atom. The molecule has 0 aromatic carbocycles. The Labute approximate surface area is 675 Å². The molecular weight excluding hydrogens is 1560 g/mol. The van der Waals surface area contributed by atoms with E-state index in [9.17, 15) is 112 Å². The SMILES string of the molecule is C/C=C1/NC(=O)C([C@H](C)O)NC(=O)[C@H](CCNC(=O)OCOC(=O)C(C)C)NC(=O)C([C@H](O)C(=O)O)NC(=O)C(CCCCNC(=O)OCOC(=O)C(C)C)NC(=O)[C@H](CC(=O)NC2CC2)NC(=O)C(CCNC(=O)OCOC(=O)C(C)C)NC(=O)C(NC(=O)C[C@H](O)CCCCCCCCCCC)COC(=O)C([C@H](O)CCl)NC1=O. The van der Waals surface area contributed by atoms with Gasteiger partial charge in [-0.3, -0.25) is 62.3 Å². The van der Waals surface area contributed by atoms with E-state index < -0.39 is 288 Å². The molecule has 12 atom stereocenters. The predicted octanol–water partition coefficient (Wildman–Crippen LogP) is -2.19. The summed E-state index contributed by atoms with van der Waals surface area (Å²) in [5, 5.41) is 83.8. The van der Waals surface area contributed by atoms with E-state index in [0.29, 0.717) is 25.7 Å². The largest absolute Gasteiger partial charge is 0.479 e. The topological polar surface area (TPSA) is 629 Å². The number of alkyl carbamates (subject to hydrolysis) is 3. The minimum absolute atomic E-state index is 0.107. The molecule has 0 aromatic rings. The highest BCUT2D eigenvalue weighted by atomic mass is 35.5. The molecule has 18 N–H and O–H groups in total. The van der Waals surface area contributed by atoms with Gasteiger partial charge in [-0.15, -0.1) is 11.6 Å². The molecule has 116 heavy (non-hydrogen) atoms. The first-order chi connectivity index (χ1) is 54.8. The maximum Gasteiger partial charge on any atom is 0.410 e. The molecule has 0 aromatic heterocycles. The number of cyclic esters (lactones) is 1. The number of alkyl halides is 1. The highest BCUT2D eigenvalue weighted by Crippen LogP contribution is 2.20. The van der Waals surface area contributed by atoms with E-state index in [1.54, 1.807) is 0 Å². The lowest BCUT2D eigenvalue weighted by atomic mass is 10.0. The van der Waals surface area contributed by atoms with Gasteiger partial charge in [0.05, 0.1) is 54.8 Å². The average molecular weight is 1680 g/mol. The van der Waals surface area contributed by atoms with Gasteiger partial charge < -0.3 is 128 Å². The molecule has 0 bridgehead atoms. The number of aliphatic hydroxyl groups is 4. The molecule has 1 heterocycles. The van der Waals surface area contributed by atoms with Gasteiger partial charge in [-0.1, -0.05) is 112 Å². The van der Waals surface area contributed by atoms with E-state index >= 15 is 0 Å². The number of carbonyl (C=O) groups excluding carboxylic acids is 17. The van der Waals surface area contributed by atoms with Crippen molar-refractivity contribution < 1.29 is 145 Å². The number of rotatable bonds is 41. The number of allylic oxidation sites excluding steroid dienone is 1. The fraction of sp³-hybridized carbons (Fsp3) is 0.722. The molecule has 1 aliphatic heterocycles. The van der Waals surface area contributed by atoms with E-state index in [1.165, 1.54) is 48.5 Å². The van der Waals surface area contributed by atoms with Crippen molar-refractivity contribution in [2.24, 2.45) is 17.8 Å². The van der Waals surface area contributed by atoms with Gasteiger partial charge in [0.15, 0.2) is 12.1 Å². The number of amides is 13. The Kier molecular flexibility index (Phi) is 48.5. The van der Waals surface area contributed by atoms with Crippen molar-refractivity contribution in [3.05, 3.63) is 11.8 Å². The van der Waals surface area contributed by atoms with Crippen LogP contribution < -0.4 is 69.1 Å². The number of nitrogens with one attached hydrogen (secondary N) is 13. The first-order valence-corrected chi connectivity index (χ1v) is 39.0. The van der Waals surface area contributed by atoms with E-state index in [2.05, 4.69) is 70.7 Å². The molecular formula is C72H116ClN13O30. The molecule has 6 unspecified atom stereocenters. The van der Waals surface area contributed by atoms with Gasteiger partial charge >= 0.3 is 48.1 Å². The van der Waals surface area contributed by atoms with Gasteiger partial charge in [0.25, 0.3) is 5.91 Å². The van der Waals surface area contributed by atoms with Crippen molar-refractivity contribution in [1.82, 2.24) is 69.1 Å². The summed E-state index contributed by atoms with van der Waals surface area (Å²) in [4.78, 5) is 246. The molecule has 2 fully saturated rings. The fourth-order valence-electron chi connectivity index (χ4n) is 10.3. The van der Waals surface area contributed by atoms with Crippen molar-refractivity contribution in [3.8, 4) is 0 Å². The molecule has 0 spiro atoms. The number of aliphatic hydroxyl groups excluding tert-OH is 4. The number of ether oxygens (including phenoxy) is 7. The summed E-state index contributed by atoms with van der Waals surface area (Å²) in [6, 6.07) is -18.1. The fourth-order valence-corrected chi connectivity index (χ4v) is 10.5. The average Bonchev–Trinajstić information content (AvgIpc) is 1.01. The Hall–Kier alpha value is -10.3. The van der Waals surface area contributed by atoms with E-state index in [4.69, 9.17) is 44.8 Å². The first kappa shape index (κ1) is 102. The number of unbranched alkanes of at least 4 members (excludes halogenated alkanes) is 9. The van der Waals surface area contributed by atoms with Crippen LogP contribution in [-0.4, -0.2) is 264 Å². The van der Waals surface area contributed by atoms with E-state index in [-0.39, 0.29) is 25.8 Å². The van der Waals surface area contributed by atoms with Gasteiger partial charge in [-0.2, -0.15) is 0 Å². The molecule has 1 saturated carbocycles. The van der Waals surface area contributed by atoms with Crippen molar-refractivity contribution >= 4 is 119 Å². The molecule has 1 saturated heterocycles. The number of carboxylic acids is 1. The van der Waals surface area contributed by atoms with Gasteiger partial charge in [-0.05, 0) is 65.2 Å². The van der Waals surface area contributed by atoms with E-state index in [0.717, 1.165) is 57.9 Å². The number of halogens is 1. The smallest absolute Gasteiger partial charge is 0.410 e. The van der Waals surface area contributed by atoms with Crippen LogP contribution in [0.4, 0.5) is 14.4 Å². The van der Waals surface area contributed by atoms with Crippen molar-refractivity contribution in [3.63, 3.8) is 0 Å². The minimum Gasteiger partial charge on any atom is -0.479 e. The van der Waals surface area contributed by atoms with Crippen LogP contribution in [0.2, 0.25) is 0 Å². The second-order valence-corrected chi connectivity index (χ2v) is 28.5. The first-order valence-electron chi connectivity index (χ1n) is 38.4. The zero-order valence-corrected chi connectivity index (χ0v) is 67.5. The number of carboxylic acid groups (broad SMARTS) is 1. The summed E-state index contributed by atoms with van der Waals surface area (Å²) >= 11 is 6.01. The van der Waals surface area contributed by atoms with E-state index in [1.807, 2.05) is 5.32 Å². The molecule has 1 aliphatic carbocycles. The second-order valence-electron chi connectivity index (χ2n) is 28.2. The lowest BCUT2D eigenvalue weighted by Gasteiger charge is -2.29. The van der Waals surface area contributed by atoms with Crippen molar-refractivity contribution in [1.29, 1.82) is 0 Å². The number of hydrogen-bond acceptors (Lipinski definition) is 29. The highest BCUT2D eigenvalue weighted by molar-refractivity contribution is 6.18. The zero-order chi connectivity index (χ0) is 87.1. The number of esters is 4. The predicted molar refractivity (Wildman–Crippen MR) is 403 cm³/mol. The van der Waals surface area contributed by atoms with Crippen LogP contribution in [0.25, 0.3) is 0 Å². The number of carbonyl (C=O) groups is 18. The van der Waals surface area contributed by atoms with Crippen LogP contribution in [-0.2, 0) is 105 Å². The lowest BCUT2D eigenvalue weighted by Crippen LogP contribution is -2.63. The number of aliphatic carboxylic acids is 1. The Balaban J connectivity index is 3.05. The van der Waals surface area contributed by atoms with Crippen LogP contribution in [0.5, 0.6) is 0 Å². The summed E-state index contributed by atoms with van der Waals surface area (Å²) < 4.78 is 34.6. The molecule has 13 amide bonds. The summed E-state index contributed by atoms with van der Waals surface area (Å²) in [6.07, 6.45) is -5.90. The summed E-state index contributed by atoms with van der Waals surface area (Å²) in [5.74, 6) is -22.6. The van der Waals surface area contributed by atoms with Crippen LogP contribution in [0.15, 0.2) is 11.8 Å². The van der Waals surface area contributed by atoms with Crippen molar-refractivity contribution in [2.45, 2.75) is 263 Å². The normalized spacial score (nSPS) is 21.2. The quantitative estimate of drug-likeness (QED) is 0.00772. The van der Waals surface area contributed by atoms with Crippen LogP contribution in [0.1, 0.15) is 184 Å². The molecule has 44 heteroatoms. The molecule has 0 radical (unpaired) electrons. The minimum atomic E-state index is -2.98. The molecule has 43 nitrogen and oxygen atoms in total. The maximum atomic E-state index is 15.0. The standard InChI is InChI=1S/C72H116ClN13O30/c1-10-12-13-14-15-16-17-18-19-22-43(88)31-51(90)78-49-34-110-69(106)54(50(89)33-73)85-57(93)44(11-2)79-63(99)53(41(9)87)84-60(96)47(27-30-76-72(109)116-37-113-68(105)40(7)8)82-64(100)55(56(92)65(101)102)86-59(95)45(23-20-21-28-74-70(107)114-35-111-66(103)38(3)4)80-61(97)48(32-52(91)77-42-24-25-42)83-58(94)46(81-62(49)98)26-29-75-71(108)115-36-112-67(104)39(5)6/h11,38-43,45-50,53-56,87-89,92H,10,12-37H2,1-9H3,(H,74,107)(H,75,108)(H,76,109)(H,77,91)(H,78,90)(H,79,99)(H,80,97)(H,81,98)(H,82,100)(H,83,94)(H,84,96)(H,85,93)(H,86,95)(H,101,102)/b44-11+/t41-,43+,45?,46?,47-,48-,49?,50+,53?,54?,55?,56-/m0/s1. The third-order valence-corrected chi connectivity index (χ3v) is 17.6. The summed E-state index contributed by atoms with van der Waals surface area (Å²) in [6.45, 7) is 7.68. The Bertz CT molecular complexity index is 3320. The molecule has 2 rings (SSSR count).